The highest BCUT2D eigenvalue weighted by atomic mass is 33.1. The molecule has 0 radical (unpaired) electrons. The summed E-state index contributed by atoms with van der Waals surface area (Å²) in [5.41, 5.74) is 2.40. The van der Waals surface area contributed by atoms with Crippen LogP contribution in [-0.2, 0) is 8.87 Å². The molecule has 0 spiro atoms. The molecule has 0 saturated heterocycles. The standard InChI is InChI=1S/C19H17N5O2S2/c1-3-12-11-20-18(14-6-8-15(9-7-14)27-28(2,25)26)22-19(12)21-17-10-16(23-24-17)13-4-5-13/h1,6-11,13H,4-5H2,2H3,(H2,20,21,22,23,24). The zero-order valence-corrected chi connectivity index (χ0v) is 16.6. The Kier molecular flexibility index (Phi) is 4.83. The highest BCUT2D eigenvalue weighted by molar-refractivity contribution is 8.71. The summed E-state index contributed by atoms with van der Waals surface area (Å²) in [5.74, 6) is 4.78. The third-order valence-electron chi connectivity index (χ3n) is 4.17. The first kappa shape index (κ1) is 18.5. The molecule has 1 saturated carbocycles. The summed E-state index contributed by atoms with van der Waals surface area (Å²) >= 11 is 0. The summed E-state index contributed by atoms with van der Waals surface area (Å²) in [6, 6.07) is 8.98. The average Bonchev–Trinajstić information content (AvgIpc) is 3.41. The number of aromatic nitrogens is 4. The van der Waals surface area contributed by atoms with E-state index in [-0.39, 0.29) is 0 Å². The molecule has 0 atom stereocenters. The second-order valence-electron chi connectivity index (χ2n) is 6.52. The van der Waals surface area contributed by atoms with Crippen LogP contribution in [0.25, 0.3) is 11.4 Å². The van der Waals surface area contributed by atoms with E-state index < -0.39 is 8.87 Å². The van der Waals surface area contributed by atoms with Crippen LogP contribution in [0.3, 0.4) is 0 Å². The second-order valence-corrected chi connectivity index (χ2v) is 10.9. The predicted octanol–water partition coefficient (Wildman–Crippen LogP) is 3.52. The van der Waals surface area contributed by atoms with E-state index in [2.05, 4.69) is 31.4 Å². The van der Waals surface area contributed by atoms with Gasteiger partial charge in [0.15, 0.2) is 17.5 Å². The number of rotatable bonds is 6. The minimum atomic E-state index is -3.16. The van der Waals surface area contributed by atoms with E-state index in [4.69, 9.17) is 6.42 Å². The molecule has 0 aliphatic heterocycles. The van der Waals surface area contributed by atoms with Crippen molar-refractivity contribution in [3.63, 3.8) is 0 Å². The SMILES string of the molecule is C#Cc1cnc(-c2ccc(SS(C)(=O)=O)cc2)nc1Nc1cc(C2CC2)[nH]n1. The van der Waals surface area contributed by atoms with Crippen LogP contribution in [-0.4, -0.2) is 34.8 Å². The van der Waals surface area contributed by atoms with Gasteiger partial charge < -0.3 is 5.32 Å². The van der Waals surface area contributed by atoms with Gasteiger partial charge in [-0.1, -0.05) is 18.1 Å². The van der Waals surface area contributed by atoms with Gasteiger partial charge in [-0.2, -0.15) is 5.10 Å². The van der Waals surface area contributed by atoms with Crippen LogP contribution < -0.4 is 5.32 Å². The lowest BCUT2D eigenvalue weighted by Gasteiger charge is -2.08. The molecule has 2 heterocycles. The van der Waals surface area contributed by atoms with Gasteiger partial charge in [0.1, 0.15) is 0 Å². The Bertz CT molecular complexity index is 1160. The molecule has 3 aromatic rings. The van der Waals surface area contributed by atoms with Crippen LogP contribution in [0.15, 0.2) is 41.4 Å². The second kappa shape index (κ2) is 7.30. The third kappa shape index (κ3) is 4.35. The van der Waals surface area contributed by atoms with E-state index in [0.29, 0.717) is 33.8 Å². The summed E-state index contributed by atoms with van der Waals surface area (Å²) in [7, 11) is -2.36. The van der Waals surface area contributed by atoms with Gasteiger partial charge in [-0.3, -0.25) is 5.10 Å². The molecule has 7 nitrogen and oxygen atoms in total. The van der Waals surface area contributed by atoms with Crippen molar-refractivity contribution in [2.24, 2.45) is 0 Å². The Morgan fingerprint density at radius 2 is 2.04 bits per heavy atom. The lowest BCUT2D eigenvalue weighted by molar-refractivity contribution is 0.615. The fraction of sp³-hybridized carbons (Fsp3) is 0.211. The maximum atomic E-state index is 11.4. The van der Waals surface area contributed by atoms with Crippen molar-refractivity contribution in [1.82, 2.24) is 20.2 Å². The Morgan fingerprint density at radius 1 is 1.29 bits per heavy atom. The molecule has 0 amide bonds. The van der Waals surface area contributed by atoms with Gasteiger partial charge in [-0.25, -0.2) is 18.4 Å². The fourth-order valence-corrected chi connectivity index (χ4v) is 4.66. The highest BCUT2D eigenvalue weighted by Crippen LogP contribution is 2.39. The van der Waals surface area contributed by atoms with Crippen molar-refractivity contribution in [2.45, 2.75) is 23.7 Å². The molecule has 1 aliphatic rings. The van der Waals surface area contributed by atoms with Crippen LogP contribution >= 0.6 is 10.8 Å². The van der Waals surface area contributed by atoms with Crippen molar-refractivity contribution in [2.75, 3.05) is 11.6 Å². The lowest BCUT2D eigenvalue weighted by atomic mass is 10.2. The Hall–Kier alpha value is -2.83. The van der Waals surface area contributed by atoms with Gasteiger partial charge in [0.2, 0.25) is 8.87 Å². The Morgan fingerprint density at radius 3 is 2.68 bits per heavy atom. The van der Waals surface area contributed by atoms with Crippen LogP contribution in [0.1, 0.15) is 30.0 Å². The van der Waals surface area contributed by atoms with E-state index in [1.165, 1.54) is 19.1 Å². The Labute approximate surface area is 166 Å². The first-order valence-corrected chi connectivity index (χ1v) is 11.8. The van der Waals surface area contributed by atoms with E-state index in [1.807, 2.05) is 6.07 Å². The number of hydrogen-bond acceptors (Lipinski definition) is 7. The number of terminal acetylenes is 1. The first-order valence-electron chi connectivity index (χ1n) is 8.57. The van der Waals surface area contributed by atoms with Gasteiger partial charge in [-0.15, -0.1) is 6.42 Å². The molecule has 0 bridgehead atoms. The molecule has 142 valence electrons. The van der Waals surface area contributed by atoms with Crippen molar-refractivity contribution in [3.8, 4) is 23.7 Å². The summed E-state index contributed by atoms with van der Waals surface area (Å²) in [6.45, 7) is 0. The monoisotopic (exact) mass is 411 g/mol. The van der Waals surface area contributed by atoms with Crippen molar-refractivity contribution in [1.29, 1.82) is 0 Å². The maximum Gasteiger partial charge on any atom is 0.203 e. The van der Waals surface area contributed by atoms with Gasteiger partial charge in [0.25, 0.3) is 0 Å². The van der Waals surface area contributed by atoms with Crippen molar-refractivity contribution in [3.05, 3.63) is 47.8 Å². The van der Waals surface area contributed by atoms with E-state index >= 15 is 0 Å². The largest absolute Gasteiger partial charge is 0.322 e. The van der Waals surface area contributed by atoms with Gasteiger partial charge in [-0.05, 0) is 25.0 Å². The molecule has 1 aromatic carbocycles. The van der Waals surface area contributed by atoms with E-state index in [0.717, 1.165) is 22.1 Å². The minimum absolute atomic E-state index is 0.482. The van der Waals surface area contributed by atoms with E-state index in [9.17, 15) is 8.42 Å². The van der Waals surface area contributed by atoms with Crippen LogP contribution in [0, 0.1) is 12.3 Å². The van der Waals surface area contributed by atoms with Crippen LogP contribution in [0.2, 0.25) is 0 Å². The normalized spacial score (nSPS) is 13.9. The summed E-state index contributed by atoms with van der Waals surface area (Å²) in [6.07, 6.45) is 10.7. The zero-order valence-electron chi connectivity index (χ0n) is 15.0. The number of benzene rings is 1. The summed E-state index contributed by atoms with van der Waals surface area (Å²) < 4.78 is 22.8. The average molecular weight is 412 g/mol. The van der Waals surface area contributed by atoms with Gasteiger partial charge in [0.05, 0.1) is 5.56 Å². The molecule has 1 aliphatic carbocycles. The predicted molar refractivity (Wildman–Crippen MR) is 110 cm³/mol. The molecular weight excluding hydrogens is 394 g/mol. The van der Waals surface area contributed by atoms with Gasteiger partial charge in [0, 0.05) is 51.4 Å². The molecule has 1 fully saturated rings. The quantitative estimate of drug-likeness (QED) is 0.473. The number of anilines is 2. The molecule has 2 aromatic heterocycles. The Balaban J connectivity index is 1.59. The molecule has 4 rings (SSSR count). The fourth-order valence-electron chi connectivity index (χ4n) is 2.68. The number of nitrogens with zero attached hydrogens (tertiary/aromatic N) is 3. The first-order chi connectivity index (χ1) is 13.4. The number of aromatic amines is 1. The third-order valence-corrected chi connectivity index (χ3v) is 6.42. The van der Waals surface area contributed by atoms with E-state index in [1.54, 1.807) is 30.5 Å². The molecule has 0 unspecified atom stereocenters. The topological polar surface area (TPSA) is 101 Å². The maximum absolute atomic E-state index is 11.4. The summed E-state index contributed by atoms with van der Waals surface area (Å²) in [5, 5.41) is 10.5. The number of hydrogen-bond donors (Lipinski definition) is 2. The molecule has 9 heteroatoms. The van der Waals surface area contributed by atoms with Gasteiger partial charge >= 0.3 is 0 Å². The van der Waals surface area contributed by atoms with Crippen molar-refractivity contribution < 1.29 is 8.42 Å². The van der Waals surface area contributed by atoms with Crippen LogP contribution in [0.5, 0.6) is 0 Å². The van der Waals surface area contributed by atoms with Crippen LogP contribution in [0.4, 0.5) is 11.6 Å². The minimum Gasteiger partial charge on any atom is -0.322 e. The summed E-state index contributed by atoms with van der Waals surface area (Å²) in [4.78, 5) is 9.50. The number of nitrogens with one attached hydrogen (secondary N) is 2. The zero-order chi connectivity index (χ0) is 19.7. The molecular formula is C19H17N5O2S2. The smallest absolute Gasteiger partial charge is 0.203 e. The number of H-pyrrole nitrogens is 1. The molecule has 2 N–H and O–H groups in total. The van der Waals surface area contributed by atoms with Crippen molar-refractivity contribution >= 4 is 31.3 Å². The highest BCUT2D eigenvalue weighted by Gasteiger charge is 2.25. The molecule has 28 heavy (non-hydrogen) atoms. The lowest BCUT2D eigenvalue weighted by Crippen LogP contribution is -2.01.